The van der Waals surface area contributed by atoms with Gasteiger partial charge in [0.1, 0.15) is 5.82 Å². The number of β-amino-alcohol motifs (C(OH)–C–C–N with tert-alkyl or cyclic N) is 1. The van der Waals surface area contributed by atoms with E-state index in [1.807, 2.05) is 13.8 Å². The van der Waals surface area contributed by atoms with Crippen LogP contribution in [-0.4, -0.2) is 28.7 Å². The Morgan fingerprint density at radius 3 is 2.38 bits per heavy atom. The SMILES string of the molecule is CC(C)C1(O)CN(Cc2ccc(F)cc2)C1. The Bertz CT molecular complexity index is 355. The first-order chi connectivity index (χ1) is 7.49. The van der Waals surface area contributed by atoms with E-state index < -0.39 is 5.60 Å². The zero-order valence-corrected chi connectivity index (χ0v) is 9.78. The summed E-state index contributed by atoms with van der Waals surface area (Å²) in [6.07, 6.45) is 0. The lowest BCUT2D eigenvalue weighted by atomic mass is 9.83. The fraction of sp³-hybridized carbons (Fsp3) is 0.538. The van der Waals surface area contributed by atoms with Crippen LogP contribution in [0.5, 0.6) is 0 Å². The van der Waals surface area contributed by atoms with Crippen LogP contribution in [0.2, 0.25) is 0 Å². The number of hydrogen-bond donors (Lipinski definition) is 1. The van der Waals surface area contributed by atoms with E-state index >= 15 is 0 Å². The minimum atomic E-state index is -0.528. The van der Waals surface area contributed by atoms with Crippen LogP contribution in [0.3, 0.4) is 0 Å². The third-order valence-corrected chi connectivity index (χ3v) is 3.39. The van der Waals surface area contributed by atoms with Crippen LogP contribution in [0.4, 0.5) is 4.39 Å². The minimum Gasteiger partial charge on any atom is -0.387 e. The van der Waals surface area contributed by atoms with Gasteiger partial charge in [0.15, 0.2) is 0 Å². The maximum absolute atomic E-state index is 12.7. The molecule has 1 heterocycles. The van der Waals surface area contributed by atoms with Crippen LogP contribution < -0.4 is 0 Å². The Kier molecular flexibility index (Phi) is 3.00. The van der Waals surface area contributed by atoms with Crippen molar-refractivity contribution in [2.24, 2.45) is 5.92 Å². The van der Waals surface area contributed by atoms with Gasteiger partial charge >= 0.3 is 0 Å². The smallest absolute Gasteiger partial charge is 0.123 e. The molecular formula is C13H18FNO. The Morgan fingerprint density at radius 1 is 1.31 bits per heavy atom. The van der Waals surface area contributed by atoms with Gasteiger partial charge in [0.2, 0.25) is 0 Å². The first kappa shape index (κ1) is 11.6. The standard InChI is InChI=1S/C13H18FNO/c1-10(2)13(16)8-15(9-13)7-11-3-5-12(14)6-4-11/h3-6,10,16H,7-9H2,1-2H3. The maximum Gasteiger partial charge on any atom is 0.123 e. The van der Waals surface area contributed by atoms with E-state index in [1.54, 1.807) is 12.1 Å². The molecule has 1 saturated heterocycles. The summed E-state index contributed by atoms with van der Waals surface area (Å²) in [7, 11) is 0. The van der Waals surface area contributed by atoms with Crippen LogP contribution in [0, 0.1) is 11.7 Å². The molecule has 0 unspecified atom stereocenters. The average molecular weight is 223 g/mol. The van der Waals surface area contributed by atoms with Gasteiger partial charge in [-0.3, -0.25) is 4.90 Å². The Balaban J connectivity index is 1.88. The van der Waals surface area contributed by atoms with Crippen molar-refractivity contribution in [3.8, 4) is 0 Å². The second-order valence-corrected chi connectivity index (χ2v) is 5.03. The van der Waals surface area contributed by atoms with Crippen molar-refractivity contribution in [3.05, 3.63) is 35.6 Å². The van der Waals surface area contributed by atoms with Gasteiger partial charge < -0.3 is 5.11 Å². The van der Waals surface area contributed by atoms with Crippen molar-refractivity contribution in [2.45, 2.75) is 26.0 Å². The molecular weight excluding hydrogens is 205 g/mol. The summed E-state index contributed by atoms with van der Waals surface area (Å²) >= 11 is 0. The van der Waals surface area contributed by atoms with Gasteiger partial charge in [-0.15, -0.1) is 0 Å². The Morgan fingerprint density at radius 2 is 1.88 bits per heavy atom. The number of aliphatic hydroxyl groups is 1. The van der Waals surface area contributed by atoms with Crippen molar-refractivity contribution in [2.75, 3.05) is 13.1 Å². The molecule has 0 bridgehead atoms. The second-order valence-electron chi connectivity index (χ2n) is 5.03. The molecule has 16 heavy (non-hydrogen) atoms. The second kappa shape index (κ2) is 4.15. The fourth-order valence-corrected chi connectivity index (χ4v) is 2.05. The van der Waals surface area contributed by atoms with Gasteiger partial charge in [-0.05, 0) is 23.6 Å². The number of halogens is 1. The predicted octanol–water partition coefficient (Wildman–Crippen LogP) is 2.03. The molecule has 1 aliphatic heterocycles. The third kappa shape index (κ3) is 2.25. The van der Waals surface area contributed by atoms with Gasteiger partial charge in [0.05, 0.1) is 5.60 Å². The summed E-state index contributed by atoms with van der Waals surface area (Å²) in [5.74, 6) is 0.0861. The fourth-order valence-electron chi connectivity index (χ4n) is 2.05. The summed E-state index contributed by atoms with van der Waals surface area (Å²) in [6, 6.07) is 6.54. The van der Waals surface area contributed by atoms with E-state index in [0.717, 1.165) is 12.1 Å². The molecule has 88 valence electrons. The molecule has 0 aromatic heterocycles. The van der Waals surface area contributed by atoms with E-state index in [4.69, 9.17) is 0 Å². The first-order valence-corrected chi connectivity index (χ1v) is 5.69. The molecule has 3 heteroatoms. The third-order valence-electron chi connectivity index (χ3n) is 3.39. The first-order valence-electron chi connectivity index (χ1n) is 5.69. The van der Waals surface area contributed by atoms with Crippen molar-refractivity contribution in [1.29, 1.82) is 0 Å². The molecule has 0 radical (unpaired) electrons. The molecule has 0 atom stereocenters. The van der Waals surface area contributed by atoms with Gasteiger partial charge in [-0.2, -0.15) is 0 Å². The number of rotatable bonds is 3. The van der Waals surface area contributed by atoms with Crippen molar-refractivity contribution in [1.82, 2.24) is 4.90 Å². The highest BCUT2D eigenvalue weighted by Crippen LogP contribution is 2.29. The highest BCUT2D eigenvalue weighted by molar-refractivity contribution is 5.17. The lowest BCUT2D eigenvalue weighted by Gasteiger charge is -2.49. The molecule has 1 N–H and O–H groups in total. The number of nitrogens with zero attached hydrogens (tertiary/aromatic N) is 1. The number of benzene rings is 1. The van der Waals surface area contributed by atoms with E-state index in [1.165, 1.54) is 12.1 Å². The molecule has 0 aliphatic carbocycles. The zero-order chi connectivity index (χ0) is 11.8. The largest absolute Gasteiger partial charge is 0.387 e. The van der Waals surface area contributed by atoms with Crippen LogP contribution in [0.25, 0.3) is 0 Å². The van der Waals surface area contributed by atoms with E-state index in [-0.39, 0.29) is 11.7 Å². The Hall–Kier alpha value is -0.930. The summed E-state index contributed by atoms with van der Waals surface area (Å²) in [6.45, 7) is 6.28. The summed E-state index contributed by atoms with van der Waals surface area (Å²) in [5.41, 5.74) is 0.562. The normalized spacial score (nSPS) is 19.8. The highest BCUT2D eigenvalue weighted by atomic mass is 19.1. The minimum absolute atomic E-state index is 0.203. The molecule has 1 aromatic rings. The topological polar surface area (TPSA) is 23.5 Å². The monoisotopic (exact) mass is 223 g/mol. The summed E-state index contributed by atoms with van der Waals surface area (Å²) in [5, 5.41) is 10.1. The molecule has 2 rings (SSSR count). The van der Waals surface area contributed by atoms with Crippen LogP contribution in [-0.2, 0) is 6.54 Å². The van der Waals surface area contributed by atoms with Gasteiger partial charge in [0.25, 0.3) is 0 Å². The average Bonchev–Trinajstić information content (AvgIpc) is 2.18. The molecule has 0 amide bonds. The number of hydrogen-bond acceptors (Lipinski definition) is 2. The number of likely N-dealkylation sites (tertiary alicyclic amines) is 1. The molecule has 0 spiro atoms. The lowest BCUT2D eigenvalue weighted by molar-refractivity contribution is -0.130. The quantitative estimate of drug-likeness (QED) is 0.847. The molecule has 2 nitrogen and oxygen atoms in total. The summed E-state index contributed by atoms with van der Waals surface area (Å²) in [4.78, 5) is 2.17. The van der Waals surface area contributed by atoms with Crippen LogP contribution in [0.15, 0.2) is 24.3 Å². The van der Waals surface area contributed by atoms with E-state index in [0.29, 0.717) is 13.1 Å². The van der Waals surface area contributed by atoms with E-state index in [9.17, 15) is 9.50 Å². The maximum atomic E-state index is 12.7. The molecule has 1 aromatic carbocycles. The predicted molar refractivity (Wildman–Crippen MR) is 61.5 cm³/mol. The van der Waals surface area contributed by atoms with Gasteiger partial charge in [0, 0.05) is 19.6 Å². The lowest BCUT2D eigenvalue weighted by Crippen LogP contribution is -2.63. The molecule has 1 aliphatic rings. The highest BCUT2D eigenvalue weighted by Gasteiger charge is 2.43. The van der Waals surface area contributed by atoms with Crippen molar-refractivity contribution in [3.63, 3.8) is 0 Å². The van der Waals surface area contributed by atoms with Crippen molar-refractivity contribution < 1.29 is 9.50 Å². The van der Waals surface area contributed by atoms with E-state index in [2.05, 4.69) is 4.90 Å². The summed E-state index contributed by atoms with van der Waals surface area (Å²) < 4.78 is 12.7. The van der Waals surface area contributed by atoms with Crippen LogP contribution >= 0.6 is 0 Å². The Labute approximate surface area is 95.7 Å². The van der Waals surface area contributed by atoms with Crippen molar-refractivity contribution >= 4 is 0 Å². The van der Waals surface area contributed by atoms with Crippen LogP contribution in [0.1, 0.15) is 19.4 Å². The molecule has 0 saturated carbocycles. The van der Waals surface area contributed by atoms with Gasteiger partial charge in [-0.25, -0.2) is 4.39 Å². The van der Waals surface area contributed by atoms with Gasteiger partial charge in [-0.1, -0.05) is 26.0 Å². The molecule has 1 fully saturated rings. The zero-order valence-electron chi connectivity index (χ0n) is 9.78.